The Balaban J connectivity index is 2.62. The highest BCUT2D eigenvalue weighted by molar-refractivity contribution is 5.30. The summed E-state index contributed by atoms with van der Waals surface area (Å²) in [6.07, 6.45) is 2.94. The molecule has 1 nitrogen and oxygen atoms in total. The third-order valence-electron chi connectivity index (χ3n) is 2.14. The molecule has 1 saturated carbocycles. The zero-order valence-corrected chi connectivity index (χ0v) is 5.85. The van der Waals surface area contributed by atoms with Crippen LogP contribution in [0.4, 0.5) is 0 Å². The first-order valence-electron chi connectivity index (χ1n) is 3.18. The number of hydrogen-bond donors (Lipinski definition) is 1. The maximum absolute atomic E-state index is 5.87. The molecule has 1 rings (SSSR count). The zero-order chi connectivity index (χ0) is 7.07. The average molecular weight is 123 g/mol. The minimum absolute atomic E-state index is 0.0955. The first-order chi connectivity index (χ1) is 4.11. The van der Waals surface area contributed by atoms with Gasteiger partial charge in [0.2, 0.25) is 0 Å². The van der Waals surface area contributed by atoms with Crippen molar-refractivity contribution in [2.24, 2.45) is 11.7 Å². The van der Waals surface area contributed by atoms with E-state index in [9.17, 15) is 0 Å². The fourth-order valence-corrected chi connectivity index (χ4v) is 1.09. The molecule has 1 fully saturated rings. The standard InChI is InChI=1S/C8H13N/c1-4-7-5-8(7,9)6(2)3/h4,7H,1-2,5,9H2,3H3/t7?,8-/m0/s1. The molecule has 0 aromatic rings. The van der Waals surface area contributed by atoms with Crippen molar-refractivity contribution in [3.8, 4) is 0 Å². The van der Waals surface area contributed by atoms with Crippen LogP contribution >= 0.6 is 0 Å². The van der Waals surface area contributed by atoms with Crippen LogP contribution in [0.15, 0.2) is 24.8 Å². The largest absolute Gasteiger partial charge is 0.321 e. The van der Waals surface area contributed by atoms with E-state index in [1.807, 2.05) is 13.0 Å². The number of nitrogens with two attached hydrogens (primary N) is 1. The van der Waals surface area contributed by atoms with Crippen LogP contribution in [-0.2, 0) is 0 Å². The molecule has 0 bridgehead atoms. The molecular weight excluding hydrogens is 110 g/mol. The highest BCUT2D eigenvalue weighted by atomic mass is 14.9. The quantitative estimate of drug-likeness (QED) is 0.553. The van der Waals surface area contributed by atoms with Gasteiger partial charge >= 0.3 is 0 Å². The lowest BCUT2D eigenvalue weighted by atomic mass is 10.1. The maximum atomic E-state index is 5.87. The van der Waals surface area contributed by atoms with Gasteiger partial charge in [0.05, 0.1) is 0 Å². The van der Waals surface area contributed by atoms with Gasteiger partial charge in [0.1, 0.15) is 0 Å². The minimum atomic E-state index is -0.0955. The second-order valence-electron chi connectivity index (χ2n) is 2.87. The molecule has 0 spiro atoms. The van der Waals surface area contributed by atoms with E-state index in [1.54, 1.807) is 0 Å². The second kappa shape index (κ2) is 1.71. The monoisotopic (exact) mass is 123 g/mol. The van der Waals surface area contributed by atoms with Gasteiger partial charge in [-0.25, -0.2) is 0 Å². The van der Waals surface area contributed by atoms with Crippen molar-refractivity contribution < 1.29 is 0 Å². The lowest BCUT2D eigenvalue weighted by Gasteiger charge is -2.07. The molecule has 0 amide bonds. The molecule has 2 atom stereocenters. The Morgan fingerprint density at radius 1 is 1.89 bits per heavy atom. The highest BCUT2D eigenvalue weighted by Crippen LogP contribution is 2.46. The van der Waals surface area contributed by atoms with Gasteiger partial charge < -0.3 is 5.73 Å². The summed E-state index contributed by atoms with van der Waals surface area (Å²) < 4.78 is 0. The van der Waals surface area contributed by atoms with E-state index in [0.29, 0.717) is 5.92 Å². The fraction of sp³-hybridized carbons (Fsp3) is 0.500. The van der Waals surface area contributed by atoms with Gasteiger partial charge in [-0.1, -0.05) is 18.2 Å². The van der Waals surface area contributed by atoms with E-state index < -0.39 is 0 Å². The Bertz CT molecular complexity index is 160. The maximum Gasteiger partial charge on any atom is 0.0434 e. The lowest BCUT2D eigenvalue weighted by molar-refractivity contribution is 0.750. The summed E-state index contributed by atoms with van der Waals surface area (Å²) in [6, 6.07) is 0. The predicted octanol–water partition coefficient (Wildman–Crippen LogP) is 1.47. The molecule has 1 heteroatoms. The molecular formula is C8H13N. The summed E-state index contributed by atoms with van der Waals surface area (Å²) in [5, 5.41) is 0. The molecule has 9 heavy (non-hydrogen) atoms. The van der Waals surface area contributed by atoms with Crippen LogP contribution in [0.25, 0.3) is 0 Å². The van der Waals surface area contributed by atoms with E-state index in [2.05, 4.69) is 13.2 Å². The van der Waals surface area contributed by atoms with Crippen LogP contribution in [0.2, 0.25) is 0 Å². The van der Waals surface area contributed by atoms with Crippen molar-refractivity contribution in [3.63, 3.8) is 0 Å². The topological polar surface area (TPSA) is 26.0 Å². The molecule has 0 saturated heterocycles. The summed E-state index contributed by atoms with van der Waals surface area (Å²) in [6.45, 7) is 9.47. The lowest BCUT2D eigenvalue weighted by Crippen LogP contribution is -2.25. The van der Waals surface area contributed by atoms with Gasteiger partial charge in [-0.15, -0.1) is 6.58 Å². The van der Waals surface area contributed by atoms with Crippen molar-refractivity contribution in [1.29, 1.82) is 0 Å². The van der Waals surface area contributed by atoms with Crippen LogP contribution in [0.1, 0.15) is 13.3 Å². The molecule has 1 unspecified atom stereocenters. The summed E-state index contributed by atoms with van der Waals surface area (Å²) in [5.74, 6) is 0.481. The Morgan fingerprint density at radius 3 is 2.56 bits per heavy atom. The third-order valence-corrected chi connectivity index (χ3v) is 2.14. The molecule has 0 aromatic carbocycles. The molecule has 50 valence electrons. The van der Waals surface area contributed by atoms with Crippen molar-refractivity contribution in [3.05, 3.63) is 24.8 Å². The minimum Gasteiger partial charge on any atom is -0.321 e. The van der Waals surface area contributed by atoms with Gasteiger partial charge in [0.15, 0.2) is 0 Å². The Labute approximate surface area is 56.2 Å². The summed E-state index contributed by atoms with van der Waals surface area (Å²) >= 11 is 0. The Hall–Kier alpha value is -0.560. The van der Waals surface area contributed by atoms with Crippen LogP contribution in [-0.4, -0.2) is 5.54 Å². The number of hydrogen-bond acceptors (Lipinski definition) is 1. The molecule has 0 aliphatic heterocycles. The van der Waals surface area contributed by atoms with E-state index in [4.69, 9.17) is 5.73 Å². The molecule has 1 aliphatic rings. The van der Waals surface area contributed by atoms with Gasteiger partial charge in [0.25, 0.3) is 0 Å². The van der Waals surface area contributed by atoms with Gasteiger partial charge in [0, 0.05) is 11.5 Å². The number of rotatable bonds is 2. The van der Waals surface area contributed by atoms with Crippen LogP contribution in [0.3, 0.4) is 0 Å². The van der Waals surface area contributed by atoms with Crippen LogP contribution in [0, 0.1) is 5.92 Å². The van der Waals surface area contributed by atoms with E-state index in [0.717, 1.165) is 12.0 Å². The molecule has 1 aliphatic carbocycles. The van der Waals surface area contributed by atoms with Gasteiger partial charge in [-0.3, -0.25) is 0 Å². The van der Waals surface area contributed by atoms with Crippen molar-refractivity contribution in [2.75, 3.05) is 0 Å². The second-order valence-corrected chi connectivity index (χ2v) is 2.87. The third kappa shape index (κ3) is 0.815. The van der Waals surface area contributed by atoms with E-state index >= 15 is 0 Å². The van der Waals surface area contributed by atoms with Crippen molar-refractivity contribution >= 4 is 0 Å². The van der Waals surface area contributed by atoms with E-state index in [1.165, 1.54) is 0 Å². The van der Waals surface area contributed by atoms with Gasteiger partial charge in [-0.2, -0.15) is 0 Å². The van der Waals surface area contributed by atoms with Crippen molar-refractivity contribution in [2.45, 2.75) is 18.9 Å². The fourth-order valence-electron chi connectivity index (χ4n) is 1.09. The Kier molecular flexibility index (Phi) is 1.24. The SMILES string of the molecule is C=CC1C[C@]1(N)C(=C)C. The smallest absolute Gasteiger partial charge is 0.0434 e. The summed E-state index contributed by atoms with van der Waals surface area (Å²) in [7, 11) is 0. The first kappa shape index (κ1) is 6.56. The average Bonchev–Trinajstić information content (AvgIpc) is 2.44. The van der Waals surface area contributed by atoms with Crippen molar-refractivity contribution in [1.82, 2.24) is 0 Å². The van der Waals surface area contributed by atoms with Crippen LogP contribution < -0.4 is 5.73 Å². The summed E-state index contributed by atoms with van der Waals surface area (Å²) in [4.78, 5) is 0. The van der Waals surface area contributed by atoms with Crippen LogP contribution in [0.5, 0.6) is 0 Å². The highest BCUT2D eigenvalue weighted by Gasteiger charge is 2.49. The van der Waals surface area contributed by atoms with Gasteiger partial charge in [-0.05, 0) is 13.3 Å². The van der Waals surface area contributed by atoms with E-state index in [-0.39, 0.29) is 5.54 Å². The molecule has 0 heterocycles. The predicted molar refractivity (Wildman–Crippen MR) is 40.0 cm³/mol. The Morgan fingerprint density at radius 2 is 2.44 bits per heavy atom. The molecule has 0 aromatic heterocycles. The molecule has 0 radical (unpaired) electrons. The molecule has 2 N–H and O–H groups in total. The zero-order valence-electron chi connectivity index (χ0n) is 5.85. The first-order valence-corrected chi connectivity index (χ1v) is 3.18. The normalized spacial score (nSPS) is 40.0. The summed E-state index contributed by atoms with van der Waals surface area (Å²) in [5.41, 5.74) is 6.85.